The van der Waals surface area contributed by atoms with Gasteiger partial charge in [-0.15, -0.1) is 0 Å². The van der Waals surface area contributed by atoms with Crippen molar-refractivity contribution < 1.29 is 4.74 Å². The molecule has 1 saturated heterocycles. The van der Waals surface area contributed by atoms with E-state index in [9.17, 15) is 4.79 Å². The predicted molar refractivity (Wildman–Crippen MR) is 126 cm³/mol. The highest BCUT2D eigenvalue weighted by atomic mass is 35.5. The molecule has 31 heavy (non-hydrogen) atoms. The zero-order chi connectivity index (χ0) is 21.2. The lowest BCUT2D eigenvalue weighted by atomic mass is 9.92. The molecular weight excluding hydrogens is 408 g/mol. The summed E-state index contributed by atoms with van der Waals surface area (Å²) >= 11 is 6.42. The Balaban J connectivity index is 1.75. The highest BCUT2D eigenvalue weighted by molar-refractivity contribution is 6.30. The molecule has 2 aromatic carbocycles. The maximum Gasteiger partial charge on any atom is 0.258 e. The van der Waals surface area contributed by atoms with Crippen LogP contribution in [0.4, 0.5) is 0 Å². The fourth-order valence-electron chi connectivity index (χ4n) is 5.30. The van der Waals surface area contributed by atoms with Crippen LogP contribution in [0.1, 0.15) is 55.4 Å². The molecule has 0 N–H and O–H groups in total. The highest BCUT2D eigenvalue weighted by Crippen LogP contribution is 2.36. The molecule has 1 unspecified atom stereocenters. The van der Waals surface area contributed by atoms with Gasteiger partial charge in [-0.05, 0) is 48.1 Å². The van der Waals surface area contributed by atoms with Crippen LogP contribution < -0.4 is 5.56 Å². The first-order valence-electron chi connectivity index (χ1n) is 11.4. The molecule has 2 heterocycles. The van der Waals surface area contributed by atoms with Gasteiger partial charge in [0, 0.05) is 35.2 Å². The Labute approximate surface area is 188 Å². The zero-order valence-electron chi connectivity index (χ0n) is 17.8. The maximum absolute atomic E-state index is 13.8. The fourth-order valence-corrected chi connectivity index (χ4v) is 5.50. The maximum atomic E-state index is 13.8. The van der Waals surface area contributed by atoms with Crippen LogP contribution >= 0.6 is 11.6 Å². The third-order valence-electron chi connectivity index (χ3n) is 6.79. The number of benzene rings is 2. The predicted octanol–water partition coefficient (Wildman–Crippen LogP) is 5.58. The Kier molecular flexibility index (Phi) is 6.13. The number of halogens is 1. The van der Waals surface area contributed by atoms with Crippen molar-refractivity contribution in [2.45, 2.75) is 44.2 Å². The van der Waals surface area contributed by atoms with Gasteiger partial charge < -0.3 is 9.30 Å². The van der Waals surface area contributed by atoms with Gasteiger partial charge in [0.05, 0.1) is 19.3 Å². The molecule has 0 amide bonds. The number of morpholine rings is 1. The first kappa shape index (κ1) is 20.7. The number of aromatic nitrogens is 1. The van der Waals surface area contributed by atoms with E-state index in [2.05, 4.69) is 27.7 Å². The van der Waals surface area contributed by atoms with Crippen LogP contribution in [-0.4, -0.2) is 35.8 Å². The van der Waals surface area contributed by atoms with Gasteiger partial charge >= 0.3 is 0 Å². The van der Waals surface area contributed by atoms with Crippen LogP contribution in [0.3, 0.4) is 0 Å². The number of rotatable bonds is 4. The van der Waals surface area contributed by atoms with E-state index in [0.29, 0.717) is 13.2 Å². The quantitative estimate of drug-likeness (QED) is 0.535. The lowest BCUT2D eigenvalue weighted by molar-refractivity contribution is 0.0220. The third-order valence-corrected chi connectivity index (χ3v) is 7.02. The standard InChI is InChI=1S/C26H29ClN2O2/c27-21-9-6-8-20(17-21)25(28-13-15-31-16-14-28)24-18-19-7-4-5-12-23(19)26(30)29(24)22-10-2-1-3-11-22/h4-9,12,17-18,22,25H,1-3,10-11,13-16H2. The van der Waals surface area contributed by atoms with Crippen molar-refractivity contribution in [2.75, 3.05) is 26.3 Å². The minimum absolute atomic E-state index is 0.0261. The van der Waals surface area contributed by atoms with Crippen LogP contribution in [0, 0.1) is 0 Å². The molecule has 1 saturated carbocycles. The average Bonchev–Trinajstić information content (AvgIpc) is 2.81. The molecule has 5 heteroatoms. The number of nitrogens with zero attached hydrogens (tertiary/aromatic N) is 2. The molecule has 0 radical (unpaired) electrons. The van der Waals surface area contributed by atoms with E-state index in [-0.39, 0.29) is 17.6 Å². The lowest BCUT2D eigenvalue weighted by Crippen LogP contribution is -2.42. The zero-order valence-corrected chi connectivity index (χ0v) is 18.6. The molecule has 4 nitrogen and oxygen atoms in total. The van der Waals surface area contributed by atoms with E-state index in [1.54, 1.807) is 0 Å². The van der Waals surface area contributed by atoms with Gasteiger partial charge in [0.2, 0.25) is 0 Å². The summed E-state index contributed by atoms with van der Waals surface area (Å²) in [4.78, 5) is 16.3. The van der Waals surface area contributed by atoms with Crippen molar-refractivity contribution in [3.8, 4) is 0 Å². The summed E-state index contributed by atoms with van der Waals surface area (Å²) in [6.07, 6.45) is 5.76. The molecule has 1 atom stereocenters. The van der Waals surface area contributed by atoms with Gasteiger partial charge in [-0.3, -0.25) is 9.69 Å². The number of hydrogen-bond acceptors (Lipinski definition) is 3. The molecule has 2 fully saturated rings. The number of fused-ring (bicyclic) bond motifs is 1. The normalized spacial score (nSPS) is 19.5. The van der Waals surface area contributed by atoms with E-state index in [1.807, 2.05) is 36.4 Å². The highest BCUT2D eigenvalue weighted by Gasteiger charge is 2.30. The van der Waals surface area contributed by atoms with E-state index in [0.717, 1.165) is 53.0 Å². The van der Waals surface area contributed by atoms with Crippen LogP contribution in [0.15, 0.2) is 59.4 Å². The number of pyridine rings is 1. The SMILES string of the molecule is O=c1c2ccccc2cc(C(c2cccc(Cl)c2)N2CCOCC2)n1C1CCCCC1. The van der Waals surface area contributed by atoms with Crippen molar-refractivity contribution in [1.82, 2.24) is 9.47 Å². The van der Waals surface area contributed by atoms with Gasteiger partial charge in [-0.2, -0.15) is 0 Å². The molecule has 5 rings (SSSR count). The second-order valence-electron chi connectivity index (χ2n) is 8.73. The molecule has 1 aliphatic carbocycles. The summed E-state index contributed by atoms with van der Waals surface area (Å²) < 4.78 is 7.78. The Morgan fingerprint density at radius 1 is 0.935 bits per heavy atom. The summed E-state index contributed by atoms with van der Waals surface area (Å²) in [5.74, 6) is 0. The topological polar surface area (TPSA) is 34.5 Å². The van der Waals surface area contributed by atoms with Gasteiger partial charge in [0.25, 0.3) is 5.56 Å². The van der Waals surface area contributed by atoms with Crippen molar-refractivity contribution in [3.05, 3.63) is 81.2 Å². The molecule has 162 valence electrons. The van der Waals surface area contributed by atoms with Gasteiger partial charge in [-0.1, -0.05) is 61.2 Å². The van der Waals surface area contributed by atoms with Crippen LogP contribution in [-0.2, 0) is 4.74 Å². The van der Waals surface area contributed by atoms with Gasteiger partial charge in [0.1, 0.15) is 0 Å². The van der Waals surface area contributed by atoms with Gasteiger partial charge in [-0.25, -0.2) is 0 Å². The Morgan fingerprint density at radius 3 is 2.48 bits per heavy atom. The largest absolute Gasteiger partial charge is 0.379 e. The molecule has 0 spiro atoms. The van der Waals surface area contributed by atoms with Crippen molar-refractivity contribution in [3.63, 3.8) is 0 Å². The monoisotopic (exact) mass is 436 g/mol. The Hall–Kier alpha value is -2.14. The summed E-state index contributed by atoms with van der Waals surface area (Å²) in [6.45, 7) is 3.09. The van der Waals surface area contributed by atoms with Crippen LogP contribution in [0.2, 0.25) is 5.02 Å². The van der Waals surface area contributed by atoms with Gasteiger partial charge in [0.15, 0.2) is 0 Å². The molecule has 1 aliphatic heterocycles. The Bertz CT molecular complexity index is 1110. The fraction of sp³-hybridized carbons (Fsp3) is 0.423. The second-order valence-corrected chi connectivity index (χ2v) is 9.17. The second kappa shape index (κ2) is 9.15. The van der Waals surface area contributed by atoms with Crippen molar-refractivity contribution in [1.29, 1.82) is 0 Å². The summed E-state index contributed by atoms with van der Waals surface area (Å²) in [5.41, 5.74) is 2.36. The van der Waals surface area contributed by atoms with Crippen LogP contribution in [0.25, 0.3) is 10.8 Å². The molecule has 1 aromatic heterocycles. The smallest absolute Gasteiger partial charge is 0.258 e. The first-order chi connectivity index (χ1) is 15.2. The molecule has 2 aliphatic rings. The summed E-state index contributed by atoms with van der Waals surface area (Å²) in [6, 6.07) is 18.6. The van der Waals surface area contributed by atoms with Crippen molar-refractivity contribution >= 4 is 22.4 Å². The lowest BCUT2D eigenvalue weighted by Gasteiger charge is -2.38. The minimum atomic E-state index is -0.0261. The van der Waals surface area contributed by atoms with E-state index in [1.165, 1.54) is 19.3 Å². The minimum Gasteiger partial charge on any atom is -0.379 e. The van der Waals surface area contributed by atoms with E-state index < -0.39 is 0 Å². The molecular formula is C26H29ClN2O2. The van der Waals surface area contributed by atoms with Crippen molar-refractivity contribution in [2.24, 2.45) is 0 Å². The Morgan fingerprint density at radius 2 is 1.71 bits per heavy atom. The first-order valence-corrected chi connectivity index (χ1v) is 11.8. The number of hydrogen-bond donors (Lipinski definition) is 0. The van der Waals surface area contributed by atoms with Crippen LogP contribution in [0.5, 0.6) is 0 Å². The van der Waals surface area contributed by atoms with E-state index >= 15 is 0 Å². The molecule has 3 aromatic rings. The third kappa shape index (κ3) is 4.17. The van der Waals surface area contributed by atoms with E-state index in [4.69, 9.17) is 16.3 Å². The summed E-state index contributed by atoms with van der Waals surface area (Å²) in [7, 11) is 0. The molecule has 0 bridgehead atoms. The summed E-state index contributed by atoms with van der Waals surface area (Å²) in [5, 5.41) is 2.54. The average molecular weight is 437 g/mol. The number of ether oxygens (including phenoxy) is 1.